The number of hydrogen-bond acceptors (Lipinski definition) is 2. The van der Waals surface area contributed by atoms with Crippen LogP contribution in [0.5, 0.6) is 0 Å². The summed E-state index contributed by atoms with van der Waals surface area (Å²) in [5, 5.41) is 9.64. The Bertz CT molecular complexity index is 846. The third-order valence-electron chi connectivity index (χ3n) is 3.66. The number of aromatic carboxylic acids is 1. The molecule has 1 N–H and O–H groups in total. The van der Waals surface area contributed by atoms with Gasteiger partial charge in [-0.15, -0.1) is 0 Å². The number of alkyl halides is 3. The SMILES string of the molecule is O=C(O)c1c(-c2ccccc2)cc(C(F)(F)F)nc1-c1ccccc1. The standard InChI is InChI=1S/C19H12F3NO2/c20-19(21,22)15-11-14(12-7-3-1-4-8-12)16(18(24)25)17(23-15)13-9-5-2-6-10-13/h1-11H,(H,24,25). The van der Waals surface area contributed by atoms with Crippen molar-refractivity contribution in [2.75, 3.05) is 0 Å². The van der Waals surface area contributed by atoms with E-state index in [-0.39, 0.29) is 16.8 Å². The van der Waals surface area contributed by atoms with E-state index in [4.69, 9.17) is 0 Å². The normalized spacial score (nSPS) is 11.3. The minimum Gasteiger partial charge on any atom is -0.478 e. The summed E-state index contributed by atoms with van der Waals surface area (Å²) in [6, 6.07) is 16.9. The second kappa shape index (κ2) is 6.39. The molecule has 0 unspecified atom stereocenters. The molecule has 3 rings (SSSR count). The first kappa shape index (κ1) is 16.7. The summed E-state index contributed by atoms with van der Waals surface area (Å²) in [6.45, 7) is 0. The van der Waals surface area contributed by atoms with E-state index in [9.17, 15) is 23.1 Å². The van der Waals surface area contributed by atoms with Gasteiger partial charge in [0.1, 0.15) is 5.69 Å². The van der Waals surface area contributed by atoms with E-state index >= 15 is 0 Å². The van der Waals surface area contributed by atoms with Gasteiger partial charge in [0.15, 0.2) is 0 Å². The number of pyridine rings is 1. The number of aromatic nitrogens is 1. The Kier molecular flexibility index (Phi) is 4.27. The summed E-state index contributed by atoms with van der Waals surface area (Å²) in [7, 11) is 0. The molecule has 25 heavy (non-hydrogen) atoms. The molecule has 3 nitrogen and oxygen atoms in total. The summed E-state index contributed by atoms with van der Waals surface area (Å²) in [6.07, 6.45) is -4.69. The Balaban J connectivity index is 2.39. The van der Waals surface area contributed by atoms with E-state index < -0.39 is 17.8 Å². The lowest BCUT2D eigenvalue weighted by Gasteiger charge is -2.15. The van der Waals surface area contributed by atoms with Crippen molar-refractivity contribution in [1.29, 1.82) is 0 Å². The van der Waals surface area contributed by atoms with Crippen molar-refractivity contribution in [2.24, 2.45) is 0 Å². The van der Waals surface area contributed by atoms with Crippen LogP contribution in [0, 0.1) is 0 Å². The molecule has 0 amide bonds. The highest BCUT2D eigenvalue weighted by molar-refractivity contribution is 6.02. The summed E-state index contributed by atoms with van der Waals surface area (Å²) >= 11 is 0. The molecule has 0 aliphatic carbocycles. The van der Waals surface area contributed by atoms with Gasteiger partial charge in [-0.1, -0.05) is 60.7 Å². The Morgan fingerprint density at radius 2 is 1.40 bits per heavy atom. The van der Waals surface area contributed by atoms with Crippen LogP contribution in [0.2, 0.25) is 0 Å². The fraction of sp³-hybridized carbons (Fsp3) is 0.0526. The fourth-order valence-corrected chi connectivity index (χ4v) is 2.56. The van der Waals surface area contributed by atoms with Crippen LogP contribution >= 0.6 is 0 Å². The average molecular weight is 343 g/mol. The molecule has 1 aromatic heterocycles. The molecule has 3 aromatic rings. The Hall–Kier alpha value is -3.15. The molecule has 0 radical (unpaired) electrons. The second-order valence-corrected chi connectivity index (χ2v) is 5.31. The van der Waals surface area contributed by atoms with Crippen molar-refractivity contribution < 1.29 is 23.1 Å². The molecular formula is C19H12F3NO2. The lowest BCUT2D eigenvalue weighted by atomic mass is 9.95. The first-order chi connectivity index (χ1) is 11.9. The predicted molar refractivity (Wildman–Crippen MR) is 87.1 cm³/mol. The molecule has 0 atom stereocenters. The van der Waals surface area contributed by atoms with E-state index in [1.54, 1.807) is 48.5 Å². The molecule has 0 aliphatic heterocycles. The highest BCUT2D eigenvalue weighted by atomic mass is 19.4. The molecule has 0 aliphatic rings. The van der Waals surface area contributed by atoms with Crippen LogP contribution < -0.4 is 0 Å². The van der Waals surface area contributed by atoms with Gasteiger partial charge in [-0.25, -0.2) is 9.78 Å². The molecular weight excluding hydrogens is 331 g/mol. The molecule has 1 heterocycles. The Labute approximate surface area is 141 Å². The number of carboxylic acids is 1. The summed E-state index contributed by atoms with van der Waals surface area (Å²) < 4.78 is 39.9. The number of rotatable bonds is 3. The van der Waals surface area contributed by atoms with Gasteiger partial charge in [0.05, 0.1) is 11.3 Å². The molecule has 2 aromatic carbocycles. The second-order valence-electron chi connectivity index (χ2n) is 5.31. The van der Waals surface area contributed by atoms with Crippen LogP contribution in [0.4, 0.5) is 13.2 Å². The van der Waals surface area contributed by atoms with Gasteiger partial charge >= 0.3 is 12.1 Å². The number of carbonyl (C=O) groups is 1. The maximum absolute atomic E-state index is 13.3. The van der Waals surface area contributed by atoms with Gasteiger partial charge in [0.25, 0.3) is 0 Å². The summed E-state index contributed by atoms with van der Waals surface area (Å²) in [5.74, 6) is -1.33. The molecule has 0 fully saturated rings. The lowest BCUT2D eigenvalue weighted by Crippen LogP contribution is -2.13. The summed E-state index contributed by atoms with van der Waals surface area (Å²) in [4.78, 5) is 15.4. The molecule has 0 saturated heterocycles. The van der Waals surface area contributed by atoms with E-state index in [0.29, 0.717) is 11.1 Å². The number of benzene rings is 2. The van der Waals surface area contributed by atoms with Crippen LogP contribution in [-0.2, 0) is 6.18 Å². The van der Waals surface area contributed by atoms with Crippen LogP contribution in [0.15, 0.2) is 66.7 Å². The first-order valence-electron chi connectivity index (χ1n) is 7.34. The van der Waals surface area contributed by atoms with Gasteiger partial charge in [0.2, 0.25) is 0 Å². The van der Waals surface area contributed by atoms with E-state index in [1.165, 1.54) is 12.1 Å². The van der Waals surface area contributed by atoms with E-state index in [2.05, 4.69) is 4.98 Å². The zero-order valence-corrected chi connectivity index (χ0v) is 12.8. The number of halogens is 3. The third-order valence-corrected chi connectivity index (χ3v) is 3.66. The largest absolute Gasteiger partial charge is 0.478 e. The van der Waals surface area contributed by atoms with Crippen LogP contribution in [0.1, 0.15) is 16.1 Å². The smallest absolute Gasteiger partial charge is 0.433 e. The highest BCUT2D eigenvalue weighted by Crippen LogP contribution is 2.37. The van der Waals surface area contributed by atoms with Gasteiger partial charge < -0.3 is 5.11 Å². The number of nitrogens with zero attached hydrogens (tertiary/aromatic N) is 1. The number of hydrogen-bond donors (Lipinski definition) is 1. The monoisotopic (exact) mass is 343 g/mol. The lowest BCUT2D eigenvalue weighted by molar-refractivity contribution is -0.141. The van der Waals surface area contributed by atoms with Crippen molar-refractivity contribution in [3.05, 3.63) is 78.0 Å². The quantitative estimate of drug-likeness (QED) is 0.717. The maximum atomic E-state index is 13.3. The van der Waals surface area contributed by atoms with Crippen LogP contribution in [-0.4, -0.2) is 16.1 Å². The summed E-state index contributed by atoms with van der Waals surface area (Å²) in [5.41, 5.74) is -0.926. The van der Waals surface area contributed by atoms with Crippen molar-refractivity contribution >= 4 is 5.97 Å². The van der Waals surface area contributed by atoms with Crippen molar-refractivity contribution in [3.8, 4) is 22.4 Å². The molecule has 6 heteroatoms. The van der Waals surface area contributed by atoms with Gasteiger partial charge in [-0.2, -0.15) is 13.2 Å². The van der Waals surface area contributed by atoms with Crippen LogP contribution in [0.3, 0.4) is 0 Å². The highest BCUT2D eigenvalue weighted by Gasteiger charge is 2.35. The van der Waals surface area contributed by atoms with Gasteiger partial charge in [-0.05, 0) is 11.6 Å². The molecule has 0 spiro atoms. The topological polar surface area (TPSA) is 50.2 Å². The fourth-order valence-electron chi connectivity index (χ4n) is 2.56. The van der Waals surface area contributed by atoms with Gasteiger partial charge in [-0.3, -0.25) is 0 Å². The predicted octanol–water partition coefficient (Wildman–Crippen LogP) is 5.13. The minimum atomic E-state index is -4.69. The average Bonchev–Trinajstić information content (AvgIpc) is 2.61. The minimum absolute atomic E-state index is 0.0192. The number of carboxylic acid groups (broad SMARTS) is 1. The maximum Gasteiger partial charge on any atom is 0.433 e. The van der Waals surface area contributed by atoms with E-state index in [0.717, 1.165) is 6.07 Å². The van der Waals surface area contributed by atoms with Crippen molar-refractivity contribution in [3.63, 3.8) is 0 Å². The first-order valence-corrected chi connectivity index (χ1v) is 7.34. The molecule has 0 bridgehead atoms. The van der Waals surface area contributed by atoms with Crippen LogP contribution in [0.25, 0.3) is 22.4 Å². The Morgan fingerprint density at radius 1 is 0.880 bits per heavy atom. The van der Waals surface area contributed by atoms with Gasteiger partial charge in [0, 0.05) is 11.1 Å². The van der Waals surface area contributed by atoms with Crippen molar-refractivity contribution in [2.45, 2.75) is 6.18 Å². The third kappa shape index (κ3) is 3.38. The Morgan fingerprint density at radius 3 is 1.88 bits per heavy atom. The molecule has 0 saturated carbocycles. The zero-order valence-electron chi connectivity index (χ0n) is 12.8. The van der Waals surface area contributed by atoms with E-state index in [1.807, 2.05) is 0 Å². The molecule has 126 valence electrons. The zero-order chi connectivity index (χ0) is 18.0. The van der Waals surface area contributed by atoms with Crippen molar-refractivity contribution in [1.82, 2.24) is 4.98 Å².